The van der Waals surface area contributed by atoms with E-state index < -0.39 is 0 Å². The highest BCUT2D eigenvalue weighted by Crippen LogP contribution is 2.34. The number of H-pyrrole nitrogens is 1. The average molecular weight is 459 g/mol. The van der Waals surface area contributed by atoms with Crippen LogP contribution in [0.3, 0.4) is 0 Å². The molecule has 6 rings (SSSR count). The molecular weight excluding hydrogens is 436 g/mol. The van der Waals surface area contributed by atoms with Gasteiger partial charge in [0.15, 0.2) is 11.5 Å². The van der Waals surface area contributed by atoms with Gasteiger partial charge in [0.2, 0.25) is 5.91 Å². The molecule has 1 fully saturated rings. The molecule has 0 saturated carbocycles. The molecule has 1 N–H and O–H groups in total. The van der Waals surface area contributed by atoms with Crippen LogP contribution in [0, 0.1) is 0 Å². The van der Waals surface area contributed by atoms with Crippen LogP contribution >= 0.6 is 11.3 Å². The van der Waals surface area contributed by atoms with Gasteiger partial charge in [0.25, 0.3) is 0 Å². The minimum atomic E-state index is 0.0552. The van der Waals surface area contributed by atoms with Gasteiger partial charge in [-0.25, -0.2) is 19.6 Å². The van der Waals surface area contributed by atoms with E-state index in [1.807, 2.05) is 46.8 Å². The van der Waals surface area contributed by atoms with Crippen LogP contribution in [-0.2, 0) is 11.3 Å². The van der Waals surface area contributed by atoms with Gasteiger partial charge in [0.05, 0.1) is 22.7 Å². The first-order valence-electron chi connectivity index (χ1n) is 10.9. The van der Waals surface area contributed by atoms with Crippen molar-refractivity contribution in [3.05, 3.63) is 54.3 Å². The molecule has 1 aliphatic heterocycles. The predicted molar refractivity (Wildman–Crippen MR) is 128 cm³/mol. The van der Waals surface area contributed by atoms with E-state index in [9.17, 15) is 4.79 Å². The van der Waals surface area contributed by atoms with Crippen molar-refractivity contribution in [1.82, 2.24) is 34.6 Å². The summed E-state index contributed by atoms with van der Waals surface area (Å²) in [5.41, 5.74) is 5.37. The highest BCUT2D eigenvalue weighted by atomic mass is 32.1. The molecule has 5 aromatic rings. The third-order valence-electron chi connectivity index (χ3n) is 6.08. The Morgan fingerprint density at radius 1 is 1.18 bits per heavy atom. The Labute approximate surface area is 193 Å². The van der Waals surface area contributed by atoms with Crippen LogP contribution in [-0.4, -0.2) is 66.2 Å². The number of aromatic nitrogens is 6. The Hall–Kier alpha value is -3.79. The molecule has 5 heterocycles. The van der Waals surface area contributed by atoms with Gasteiger partial charge in [-0.1, -0.05) is 12.1 Å². The van der Waals surface area contributed by atoms with Gasteiger partial charge in [-0.3, -0.25) is 4.79 Å². The number of amides is 1. The number of imidazole rings is 1. The van der Waals surface area contributed by atoms with Gasteiger partial charge in [0.1, 0.15) is 17.2 Å². The summed E-state index contributed by atoms with van der Waals surface area (Å²) in [6, 6.07) is 11.9. The third-order valence-corrected chi connectivity index (χ3v) is 6.97. The first-order valence-corrected chi connectivity index (χ1v) is 11.7. The molecule has 1 atom stereocenters. The Bertz CT molecular complexity index is 1420. The summed E-state index contributed by atoms with van der Waals surface area (Å²) in [5, 5.41) is 6.37. The number of para-hydroxylation sites is 2. The summed E-state index contributed by atoms with van der Waals surface area (Å²) < 4.78 is 1.68. The minimum Gasteiger partial charge on any atom is -0.358 e. The number of rotatable bonds is 4. The number of fused-ring (bicyclic) bond motifs is 2. The van der Waals surface area contributed by atoms with Crippen LogP contribution in [0.5, 0.6) is 0 Å². The summed E-state index contributed by atoms with van der Waals surface area (Å²) in [6.07, 6.45) is 3.47. The largest absolute Gasteiger partial charge is 0.358 e. The van der Waals surface area contributed by atoms with E-state index in [2.05, 4.69) is 31.9 Å². The van der Waals surface area contributed by atoms with Crippen molar-refractivity contribution in [2.75, 3.05) is 24.5 Å². The fraction of sp³-hybridized carbons (Fsp3) is 0.261. The Morgan fingerprint density at radius 2 is 2.09 bits per heavy atom. The second kappa shape index (κ2) is 7.96. The smallest absolute Gasteiger partial charge is 0.244 e. The lowest BCUT2D eigenvalue weighted by Crippen LogP contribution is -2.54. The van der Waals surface area contributed by atoms with E-state index in [-0.39, 0.29) is 18.5 Å². The SMILES string of the molecule is C[C@@H]1CN(c2scnc2-c2nc3ccccc3[nH]2)CCN1C(=O)Cn1ncc2cccnc21. The molecular formula is C23H22N8OS. The maximum absolute atomic E-state index is 13.1. The number of thiazole rings is 1. The number of nitrogens with zero attached hydrogens (tertiary/aromatic N) is 7. The Kier molecular flexibility index (Phi) is 4.79. The van der Waals surface area contributed by atoms with E-state index in [1.54, 1.807) is 28.4 Å². The van der Waals surface area contributed by atoms with Crippen LogP contribution in [0.1, 0.15) is 6.92 Å². The van der Waals surface area contributed by atoms with E-state index in [4.69, 9.17) is 4.98 Å². The zero-order chi connectivity index (χ0) is 22.4. The van der Waals surface area contributed by atoms with Crippen LogP contribution in [0.2, 0.25) is 0 Å². The fourth-order valence-electron chi connectivity index (χ4n) is 4.45. The Morgan fingerprint density at radius 3 is 2.97 bits per heavy atom. The van der Waals surface area contributed by atoms with Gasteiger partial charge in [0, 0.05) is 37.3 Å². The zero-order valence-electron chi connectivity index (χ0n) is 18.0. The second-order valence-corrected chi connectivity index (χ2v) is 9.04. The van der Waals surface area contributed by atoms with Crippen molar-refractivity contribution in [3.63, 3.8) is 0 Å². The summed E-state index contributed by atoms with van der Waals surface area (Å²) >= 11 is 1.61. The van der Waals surface area contributed by atoms with Gasteiger partial charge < -0.3 is 14.8 Å². The molecule has 1 amide bonds. The lowest BCUT2D eigenvalue weighted by Gasteiger charge is -2.40. The van der Waals surface area contributed by atoms with Crippen molar-refractivity contribution in [1.29, 1.82) is 0 Å². The van der Waals surface area contributed by atoms with Crippen LogP contribution in [0.15, 0.2) is 54.3 Å². The van der Waals surface area contributed by atoms with Gasteiger partial charge in [-0.15, -0.1) is 11.3 Å². The maximum atomic E-state index is 13.1. The molecule has 1 aromatic carbocycles. The van der Waals surface area contributed by atoms with Crippen LogP contribution < -0.4 is 4.90 Å². The molecule has 4 aromatic heterocycles. The highest BCUT2D eigenvalue weighted by molar-refractivity contribution is 7.14. The van der Waals surface area contributed by atoms with Gasteiger partial charge in [-0.05, 0) is 31.2 Å². The maximum Gasteiger partial charge on any atom is 0.244 e. The number of nitrogens with one attached hydrogen (secondary N) is 1. The van der Waals surface area contributed by atoms with Crippen molar-refractivity contribution in [2.45, 2.75) is 19.5 Å². The number of hydrogen-bond acceptors (Lipinski definition) is 7. The standard InChI is InChI=1S/C23H22N8OS/c1-15-12-29(23-20(25-14-33-23)21-27-17-6-2-3-7-18(17)28-21)9-10-30(15)19(32)13-31-22-16(11-26-31)5-4-8-24-22/h2-8,11,14-15H,9-10,12-13H2,1H3,(H,27,28)/t15-/m1/s1. The molecule has 0 spiro atoms. The van der Waals surface area contributed by atoms with Crippen molar-refractivity contribution < 1.29 is 4.79 Å². The zero-order valence-corrected chi connectivity index (χ0v) is 18.9. The molecule has 166 valence electrons. The lowest BCUT2D eigenvalue weighted by atomic mass is 10.2. The molecule has 10 heteroatoms. The van der Waals surface area contributed by atoms with Crippen molar-refractivity contribution >= 4 is 44.3 Å². The quantitative estimate of drug-likeness (QED) is 0.444. The molecule has 0 bridgehead atoms. The van der Waals surface area contributed by atoms with Gasteiger partial charge >= 0.3 is 0 Å². The van der Waals surface area contributed by atoms with Crippen LogP contribution in [0.4, 0.5) is 5.00 Å². The monoisotopic (exact) mass is 458 g/mol. The van der Waals surface area contributed by atoms with E-state index in [1.165, 1.54) is 0 Å². The molecule has 0 unspecified atom stereocenters. The highest BCUT2D eigenvalue weighted by Gasteiger charge is 2.30. The Balaban J connectivity index is 1.19. The number of carbonyl (C=O) groups is 1. The van der Waals surface area contributed by atoms with Gasteiger partial charge in [-0.2, -0.15) is 5.10 Å². The summed E-state index contributed by atoms with van der Waals surface area (Å²) in [4.78, 5) is 34.4. The third kappa shape index (κ3) is 3.52. The minimum absolute atomic E-state index is 0.0552. The number of aromatic amines is 1. The fourth-order valence-corrected chi connectivity index (χ4v) is 5.29. The number of pyridine rings is 1. The predicted octanol–water partition coefficient (Wildman–Crippen LogP) is 3.17. The summed E-state index contributed by atoms with van der Waals surface area (Å²) in [5.74, 6) is 0.830. The molecule has 1 aliphatic rings. The second-order valence-electron chi connectivity index (χ2n) is 8.21. The number of benzene rings is 1. The van der Waals surface area contributed by atoms with E-state index in [0.717, 1.165) is 51.7 Å². The number of piperazine rings is 1. The molecule has 0 radical (unpaired) electrons. The first-order chi connectivity index (χ1) is 16.2. The molecule has 33 heavy (non-hydrogen) atoms. The topological polar surface area (TPSA) is 95.8 Å². The number of anilines is 1. The number of carbonyl (C=O) groups excluding carboxylic acids is 1. The summed E-state index contributed by atoms with van der Waals surface area (Å²) in [6.45, 7) is 4.40. The summed E-state index contributed by atoms with van der Waals surface area (Å²) in [7, 11) is 0. The molecule has 0 aliphatic carbocycles. The lowest BCUT2D eigenvalue weighted by molar-refractivity contribution is -0.134. The van der Waals surface area contributed by atoms with E-state index in [0.29, 0.717) is 6.54 Å². The average Bonchev–Trinajstić information content (AvgIpc) is 3.57. The van der Waals surface area contributed by atoms with E-state index >= 15 is 0 Å². The van der Waals surface area contributed by atoms with Crippen molar-refractivity contribution in [2.24, 2.45) is 0 Å². The number of hydrogen-bond donors (Lipinski definition) is 1. The molecule has 1 saturated heterocycles. The normalized spacial score (nSPS) is 16.7. The first kappa shape index (κ1) is 19.9. The van der Waals surface area contributed by atoms with Crippen LogP contribution in [0.25, 0.3) is 33.6 Å². The molecule has 9 nitrogen and oxygen atoms in total. The van der Waals surface area contributed by atoms with Crippen molar-refractivity contribution in [3.8, 4) is 11.5 Å².